The molecule has 0 unspecified atom stereocenters. The Morgan fingerprint density at radius 3 is 2.49 bits per heavy atom. The zero-order chi connectivity index (χ0) is 46.2. The number of methoxy groups -OCH3 is 1. The molecule has 2 aromatic heterocycles. The quantitative estimate of drug-likeness (QED) is 0.0862. The molecule has 0 N–H and O–H groups in total. The van der Waals surface area contributed by atoms with Crippen LogP contribution >= 0.6 is 0 Å². The highest BCUT2D eigenvalue weighted by Crippen LogP contribution is 2.48. The second-order valence-corrected chi connectivity index (χ2v) is 26.4. The lowest BCUT2D eigenvalue weighted by molar-refractivity contribution is 0.00537. The lowest BCUT2D eigenvalue weighted by Gasteiger charge is -2.46. The van der Waals surface area contributed by atoms with E-state index in [1.807, 2.05) is 49.9 Å². The van der Waals surface area contributed by atoms with E-state index in [2.05, 4.69) is 62.8 Å². The summed E-state index contributed by atoms with van der Waals surface area (Å²) in [5, 5.41) is 1.85. The number of ether oxygens (including phenoxy) is 5. The number of piperazine rings is 1. The summed E-state index contributed by atoms with van der Waals surface area (Å²) in [6, 6.07) is 8.82. The summed E-state index contributed by atoms with van der Waals surface area (Å²) < 4.78 is 63.6. The Balaban J connectivity index is 1.23. The molecule has 5 atom stereocenters. The SMILES string of the molecule is COCOc1cc(-c2nc3c4c(nc(OC[C@@]56CCCN5C[C@@H](F)C6)nc4c2F)N2C[C@@H]4CC[C@H]([C@@H]2CO3)N4C(=O)OC(C)(C)C)c2c(C#C[Si](C(C)C)(C(C)C)C(C)C)cccc2c1. The maximum absolute atomic E-state index is 18.1. The second-order valence-electron chi connectivity index (χ2n) is 20.8. The van der Waals surface area contributed by atoms with Gasteiger partial charge in [0.15, 0.2) is 12.6 Å². The number of pyridine rings is 1. The first-order valence-electron chi connectivity index (χ1n) is 23.5. The van der Waals surface area contributed by atoms with Crippen LogP contribution in [0.5, 0.6) is 17.6 Å². The van der Waals surface area contributed by atoms with Gasteiger partial charge in [0.2, 0.25) is 5.88 Å². The molecule has 348 valence electrons. The van der Waals surface area contributed by atoms with E-state index in [9.17, 15) is 9.18 Å². The predicted molar refractivity (Wildman–Crippen MR) is 251 cm³/mol. The topological polar surface area (TPSA) is 112 Å². The standard InChI is InChI=1S/C50H64F2N6O6Si/c1-29(2)65(30(3)4,31(5)6)20-17-32-13-11-14-33-21-36(63-28-60-10)22-37(40(32)33)43-42(52)44-41-45(55-47(54-44)62-27-50-18-12-19-56(50)24-34(51)23-50)57-25-35-15-16-38(39(57)26-61-46(41)53-43)58(35)48(59)64-49(7,8)9/h11,13-14,21-22,29-31,34-35,38-39H,12,15-16,18-19,23-28H2,1-10H3/t34-,35-,38+,39-,50-/m0/s1. The average Bonchev–Trinajstić information content (AvgIpc) is 3.85. The number of amides is 1. The molecule has 2 bridgehead atoms. The van der Waals surface area contributed by atoms with Gasteiger partial charge in [-0.05, 0) is 93.2 Å². The van der Waals surface area contributed by atoms with Gasteiger partial charge >= 0.3 is 12.1 Å². The third kappa shape index (κ3) is 7.94. The van der Waals surface area contributed by atoms with Gasteiger partial charge in [-0.25, -0.2) is 18.6 Å². The third-order valence-corrected chi connectivity index (χ3v) is 21.1. The number of halogens is 2. The van der Waals surface area contributed by atoms with Crippen LogP contribution in [0.2, 0.25) is 16.6 Å². The van der Waals surface area contributed by atoms with Crippen molar-refractivity contribution >= 4 is 41.7 Å². The van der Waals surface area contributed by atoms with Crippen molar-refractivity contribution in [1.82, 2.24) is 24.8 Å². The van der Waals surface area contributed by atoms with Gasteiger partial charge < -0.3 is 28.6 Å². The Morgan fingerprint density at radius 1 is 1.00 bits per heavy atom. The van der Waals surface area contributed by atoms with E-state index < -0.39 is 31.2 Å². The van der Waals surface area contributed by atoms with Gasteiger partial charge in [-0.3, -0.25) is 9.80 Å². The van der Waals surface area contributed by atoms with E-state index in [1.54, 1.807) is 13.2 Å². The van der Waals surface area contributed by atoms with Crippen LogP contribution in [0.25, 0.3) is 32.9 Å². The Bertz CT molecular complexity index is 2540. The number of nitrogens with zero attached hydrogens (tertiary/aromatic N) is 6. The molecule has 15 heteroatoms. The molecule has 0 spiro atoms. The van der Waals surface area contributed by atoms with Gasteiger partial charge in [0.25, 0.3) is 0 Å². The molecule has 4 fully saturated rings. The van der Waals surface area contributed by atoms with Crippen molar-refractivity contribution in [3.63, 3.8) is 0 Å². The Labute approximate surface area is 382 Å². The van der Waals surface area contributed by atoms with Gasteiger partial charge in [0.05, 0.1) is 23.7 Å². The molecule has 9 rings (SSSR count). The predicted octanol–water partition coefficient (Wildman–Crippen LogP) is 9.84. The van der Waals surface area contributed by atoms with Crippen molar-refractivity contribution in [1.29, 1.82) is 0 Å². The highest BCUT2D eigenvalue weighted by atomic mass is 28.3. The maximum Gasteiger partial charge on any atom is 0.410 e. The van der Waals surface area contributed by atoms with E-state index in [4.69, 9.17) is 38.6 Å². The minimum atomic E-state index is -2.17. The van der Waals surface area contributed by atoms with Crippen molar-refractivity contribution in [2.24, 2.45) is 0 Å². The number of carbonyl (C=O) groups excluding carboxylic acids is 1. The minimum Gasteiger partial charge on any atom is -0.475 e. The van der Waals surface area contributed by atoms with Gasteiger partial charge in [-0.15, -0.1) is 5.54 Å². The summed E-state index contributed by atoms with van der Waals surface area (Å²) in [5.41, 5.74) is 5.18. The van der Waals surface area contributed by atoms with Crippen LogP contribution in [-0.4, -0.2) is 121 Å². The Kier molecular flexibility index (Phi) is 12.0. The van der Waals surface area contributed by atoms with E-state index >= 15 is 4.39 Å². The molecule has 2 aromatic carbocycles. The van der Waals surface area contributed by atoms with Gasteiger partial charge in [0, 0.05) is 43.1 Å². The van der Waals surface area contributed by atoms with Crippen LogP contribution in [0.1, 0.15) is 100.0 Å². The third-order valence-electron chi connectivity index (χ3n) is 14.8. The summed E-state index contributed by atoms with van der Waals surface area (Å²) >= 11 is 0. The smallest absolute Gasteiger partial charge is 0.410 e. The number of benzene rings is 2. The van der Waals surface area contributed by atoms with Crippen LogP contribution < -0.4 is 19.1 Å². The number of alkyl halides is 1. The fourth-order valence-electron chi connectivity index (χ4n) is 12.1. The van der Waals surface area contributed by atoms with Crippen LogP contribution in [0.15, 0.2) is 30.3 Å². The van der Waals surface area contributed by atoms with Crippen molar-refractivity contribution in [2.75, 3.05) is 51.7 Å². The van der Waals surface area contributed by atoms with Crippen LogP contribution in [0.4, 0.5) is 19.4 Å². The second kappa shape index (κ2) is 17.1. The molecule has 65 heavy (non-hydrogen) atoms. The van der Waals surface area contributed by atoms with Gasteiger partial charge in [-0.2, -0.15) is 9.97 Å². The summed E-state index contributed by atoms with van der Waals surface area (Å²) in [6.45, 7) is 21.2. The molecule has 4 saturated heterocycles. The van der Waals surface area contributed by atoms with E-state index in [0.29, 0.717) is 58.7 Å². The van der Waals surface area contributed by atoms with Crippen LogP contribution in [0, 0.1) is 17.3 Å². The Morgan fingerprint density at radius 2 is 1.77 bits per heavy atom. The molecule has 1 amide bonds. The van der Waals surface area contributed by atoms with Crippen molar-refractivity contribution in [3.8, 4) is 40.4 Å². The number of carbonyl (C=O) groups is 1. The highest BCUT2D eigenvalue weighted by Gasteiger charge is 2.53. The van der Waals surface area contributed by atoms with Crippen molar-refractivity contribution in [3.05, 3.63) is 41.7 Å². The first-order chi connectivity index (χ1) is 30.9. The zero-order valence-corrected chi connectivity index (χ0v) is 40.6. The first kappa shape index (κ1) is 45.4. The molecule has 0 aliphatic carbocycles. The highest BCUT2D eigenvalue weighted by molar-refractivity contribution is 6.90. The summed E-state index contributed by atoms with van der Waals surface area (Å²) in [6.07, 6.45) is 2.29. The number of fused-ring (bicyclic) bond motifs is 7. The number of hydrogen-bond donors (Lipinski definition) is 0. The van der Waals surface area contributed by atoms with E-state index in [0.717, 1.165) is 48.6 Å². The summed E-state index contributed by atoms with van der Waals surface area (Å²) in [7, 11) is -0.624. The number of rotatable bonds is 10. The molecular weight excluding hydrogens is 847 g/mol. The van der Waals surface area contributed by atoms with Crippen molar-refractivity contribution < 1.29 is 37.3 Å². The molecular formula is C50H64F2N6O6Si. The van der Waals surface area contributed by atoms with Crippen LogP contribution in [0.3, 0.4) is 0 Å². The molecule has 5 aliphatic heterocycles. The molecule has 4 aromatic rings. The van der Waals surface area contributed by atoms with Crippen molar-refractivity contribution in [2.45, 2.75) is 146 Å². The van der Waals surface area contributed by atoms with Crippen LogP contribution in [-0.2, 0) is 9.47 Å². The van der Waals surface area contributed by atoms with Gasteiger partial charge in [0.1, 0.15) is 61.2 Å². The maximum atomic E-state index is 18.1. The zero-order valence-electron chi connectivity index (χ0n) is 39.6. The molecule has 5 aliphatic rings. The molecule has 12 nitrogen and oxygen atoms in total. The monoisotopic (exact) mass is 910 g/mol. The normalized spacial score (nSPS) is 24.0. The fraction of sp³-hybridized carbons (Fsp3) is 0.600. The average molecular weight is 911 g/mol. The number of anilines is 1. The number of aromatic nitrogens is 3. The van der Waals surface area contributed by atoms with Gasteiger partial charge in [-0.1, -0.05) is 59.6 Å². The first-order valence-corrected chi connectivity index (χ1v) is 25.7. The molecule has 7 heterocycles. The lowest BCUT2D eigenvalue weighted by Crippen LogP contribution is -2.63. The Hall–Kier alpha value is -4.78. The molecule has 0 radical (unpaired) electrons. The van der Waals surface area contributed by atoms with E-state index in [-0.39, 0.29) is 67.3 Å². The number of hydrogen-bond acceptors (Lipinski definition) is 11. The summed E-state index contributed by atoms with van der Waals surface area (Å²) in [5.74, 6) is 4.05. The molecule has 0 saturated carbocycles. The fourth-order valence-corrected chi connectivity index (χ4v) is 17.3. The van der Waals surface area contributed by atoms with E-state index in [1.165, 1.54) is 0 Å². The minimum absolute atomic E-state index is 0.00564. The largest absolute Gasteiger partial charge is 0.475 e. The lowest BCUT2D eigenvalue weighted by atomic mass is 9.95. The summed E-state index contributed by atoms with van der Waals surface area (Å²) in [4.78, 5) is 34.9.